The number of nitrogens with zero attached hydrogens (tertiary/aromatic N) is 10. The number of methoxy groups -OCH3 is 2. The van der Waals surface area contributed by atoms with Crippen LogP contribution in [-0.4, -0.2) is 54.1 Å². The number of rotatable bonds is 11. The van der Waals surface area contributed by atoms with E-state index in [1.165, 1.54) is 33.9 Å². The predicted molar refractivity (Wildman–Crippen MR) is 202 cm³/mol. The zero-order chi connectivity index (χ0) is 38.8. The van der Waals surface area contributed by atoms with Gasteiger partial charge in [-0.15, -0.1) is 0 Å². The average Bonchev–Trinajstić information content (AvgIpc) is 3.90. The third-order valence-electron chi connectivity index (χ3n) is 8.93. The molecule has 2 heterocycles. The minimum atomic E-state index is -0.450. The molecule has 8 aromatic rings. The zero-order valence-electron chi connectivity index (χ0n) is 30.5. The lowest BCUT2D eigenvalue weighted by molar-refractivity contribution is -0.717. The first-order valence-electron chi connectivity index (χ1n) is 17.1. The standard InChI is InChI=1S/C40H30N10O6.2ClH/c1-55-37-25-29(13-23-35(37)47-41-39(27-9-5-3-6-10-27)45(43-47)31-15-19-33(20-16-31)49(51)52)30-14-24-36(38(26-30)56-2)48-42-40(28-11-7-4-8-12-28)46(44-48)32-17-21-34(22-18-32)50(53)54;;/h3-26H,1-2H3;2*1H/q+2;;/p-2. The summed E-state index contributed by atoms with van der Waals surface area (Å²) in [5.41, 5.74) is 5.43. The van der Waals surface area contributed by atoms with Gasteiger partial charge in [-0.1, -0.05) is 45.8 Å². The van der Waals surface area contributed by atoms with Gasteiger partial charge in [0.2, 0.25) is 11.4 Å². The van der Waals surface area contributed by atoms with Gasteiger partial charge in [0.15, 0.2) is 22.9 Å². The highest BCUT2D eigenvalue weighted by Gasteiger charge is 2.28. The second kappa shape index (κ2) is 17.1. The summed E-state index contributed by atoms with van der Waals surface area (Å²) in [4.78, 5) is 24.6. The molecule has 16 nitrogen and oxygen atoms in total. The van der Waals surface area contributed by atoms with Crippen molar-refractivity contribution in [3.05, 3.63) is 166 Å². The Bertz CT molecular complexity index is 2540. The van der Waals surface area contributed by atoms with E-state index in [4.69, 9.17) is 30.1 Å². The van der Waals surface area contributed by atoms with Crippen LogP contribution in [0.25, 0.3) is 56.7 Å². The first-order valence-corrected chi connectivity index (χ1v) is 17.1. The minimum Gasteiger partial charge on any atom is -1.00 e. The van der Waals surface area contributed by atoms with Crippen molar-refractivity contribution in [3.8, 4) is 68.2 Å². The highest BCUT2D eigenvalue weighted by Crippen LogP contribution is 2.32. The summed E-state index contributed by atoms with van der Waals surface area (Å²) >= 11 is 0. The van der Waals surface area contributed by atoms with Gasteiger partial charge in [0, 0.05) is 45.0 Å². The van der Waals surface area contributed by atoms with Crippen LogP contribution in [0.4, 0.5) is 11.4 Å². The predicted octanol–water partition coefficient (Wildman–Crippen LogP) is 0.244. The molecule has 0 bridgehead atoms. The first kappa shape index (κ1) is 40.1. The van der Waals surface area contributed by atoms with E-state index in [1.54, 1.807) is 47.8 Å². The maximum atomic E-state index is 11.3. The van der Waals surface area contributed by atoms with E-state index in [-0.39, 0.29) is 36.2 Å². The van der Waals surface area contributed by atoms with E-state index in [2.05, 4.69) is 0 Å². The molecule has 2 aromatic heterocycles. The lowest BCUT2D eigenvalue weighted by atomic mass is 10.0. The number of ether oxygens (including phenoxy) is 2. The van der Waals surface area contributed by atoms with Crippen LogP contribution < -0.4 is 43.9 Å². The van der Waals surface area contributed by atoms with Crippen molar-refractivity contribution in [2.24, 2.45) is 0 Å². The van der Waals surface area contributed by atoms with Crippen molar-refractivity contribution in [2.45, 2.75) is 0 Å². The lowest BCUT2D eigenvalue weighted by Gasteiger charge is -2.09. The normalized spacial score (nSPS) is 10.6. The fraction of sp³-hybridized carbons (Fsp3) is 0.0500. The molecular weight excluding hydrogens is 787 g/mol. The molecule has 0 radical (unpaired) electrons. The Morgan fingerprint density at radius 1 is 0.500 bits per heavy atom. The van der Waals surface area contributed by atoms with Crippen LogP contribution in [0.1, 0.15) is 0 Å². The molecule has 0 unspecified atom stereocenters. The Morgan fingerprint density at radius 3 is 1.19 bits per heavy atom. The third-order valence-corrected chi connectivity index (χ3v) is 8.93. The average molecular weight is 818 g/mol. The lowest BCUT2D eigenvalue weighted by Crippen LogP contribution is -3.00. The quantitative estimate of drug-likeness (QED) is 0.100. The van der Waals surface area contributed by atoms with Crippen LogP contribution in [0.5, 0.6) is 11.5 Å². The summed E-state index contributed by atoms with van der Waals surface area (Å²) < 4.78 is 14.9. The summed E-state index contributed by atoms with van der Waals surface area (Å²) in [6.07, 6.45) is 0. The van der Waals surface area contributed by atoms with Crippen molar-refractivity contribution in [1.82, 2.24) is 30.0 Å². The Morgan fingerprint density at radius 2 is 0.862 bits per heavy atom. The van der Waals surface area contributed by atoms with Crippen LogP contribution >= 0.6 is 0 Å². The van der Waals surface area contributed by atoms with Gasteiger partial charge < -0.3 is 34.3 Å². The molecule has 0 aliphatic rings. The van der Waals surface area contributed by atoms with Crippen molar-refractivity contribution in [1.29, 1.82) is 0 Å². The summed E-state index contributed by atoms with van der Waals surface area (Å²) in [7, 11) is 3.12. The molecule has 8 rings (SSSR count). The van der Waals surface area contributed by atoms with Gasteiger partial charge in [0.1, 0.15) is 10.4 Å². The van der Waals surface area contributed by atoms with Crippen molar-refractivity contribution < 1.29 is 53.7 Å². The Kier molecular flexibility index (Phi) is 11.8. The second-order valence-corrected chi connectivity index (χ2v) is 12.3. The van der Waals surface area contributed by atoms with Gasteiger partial charge in [0.25, 0.3) is 23.0 Å². The summed E-state index contributed by atoms with van der Waals surface area (Å²) in [5.74, 6) is 2.01. The largest absolute Gasteiger partial charge is 1.00 e. The van der Waals surface area contributed by atoms with Crippen LogP contribution in [0.2, 0.25) is 0 Å². The van der Waals surface area contributed by atoms with E-state index < -0.39 is 9.85 Å². The third kappa shape index (κ3) is 7.77. The van der Waals surface area contributed by atoms with Crippen LogP contribution in [-0.2, 0) is 0 Å². The number of aromatic nitrogens is 8. The van der Waals surface area contributed by atoms with Gasteiger partial charge >= 0.3 is 0 Å². The number of hydrogen-bond acceptors (Lipinski definition) is 10. The van der Waals surface area contributed by atoms with Gasteiger partial charge in [-0.3, -0.25) is 20.2 Å². The maximum Gasteiger partial charge on any atom is 0.296 e. The topological polar surface area (TPSA) is 174 Å². The van der Waals surface area contributed by atoms with E-state index in [1.807, 2.05) is 97.1 Å². The number of tetrazole rings is 2. The zero-order valence-corrected chi connectivity index (χ0v) is 32.0. The SMILES string of the molecule is COc1cc(-c2ccc(-[n+]3nc(-c4ccccc4)n(-c4ccc([N+](=O)[O-])cc4)n3)c(OC)c2)ccc1-[n+]1nc(-c2ccccc2)n(-c2ccc([N+](=O)[O-])cc2)n1.[Cl-].[Cl-]. The fourth-order valence-corrected chi connectivity index (χ4v) is 6.12. The number of benzene rings is 6. The molecule has 6 aromatic carbocycles. The number of non-ortho nitro benzene ring substituents is 2. The number of nitro benzene ring substituents is 2. The van der Waals surface area contributed by atoms with Gasteiger partial charge in [-0.25, -0.2) is 0 Å². The number of halogens is 2. The van der Waals surface area contributed by atoms with Crippen LogP contribution in [0.15, 0.2) is 146 Å². The molecule has 290 valence electrons. The van der Waals surface area contributed by atoms with Crippen LogP contribution in [0, 0.1) is 20.2 Å². The molecule has 0 aliphatic heterocycles. The highest BCUT2D eigenvalue weighted by atomic mass is 35.5. The number of nitro groups is 2. The molecule has 0 fully saturated rings. The van der Waals surface area contributed by atoms with E-state index in [0.29, 0.717) is 45.9 Å². The molecule has 0 amide bonds. The second-order valence-electron chi connectivity index (χ2n) is 12.3. The Balaban J connectivity index is 0.00000283. The molecule has 0 spiro atoms. The van der Waals surface area contributed by atoms with Gasteiger partial charge in [0.05, 0.1) is 24.1 Å². The van der Waals surface area contributed by atoms with Crippen molar-refractivity contribution >= 4 is 11.4 Å². The maximum absolute atomic E-state index is 11.3. The van der Waals surface area contributed by atoms with Crippen molar-refractivity contribution in [3.63, 3.8) is 0 Å². The van der Waals surface area contributed by atoms with Gasteiger partial charge in [-0.05, 0) is 106 Å². The van der Waals surface area contributed by atoms with E-state index in [0.717, 1.165) is 22.3 Å². The molecule has 58 heavy (non-hydrogen) atoms. The first-order chi connectivity index (χ1) is 27.3. The Hall–Kier alpha value is -7.56. The highest BCUT2D eigenvalue weighted by molar-refractivity contribution is 5.70. The molecule has 0 saturated carbocycles. The van der Waals surface area contributed by atoms with Gasteiger partial charge in [-0.2, -0.15) is 0 Å². The monoisotopic (exact) mass is 816 g/mol. The van der Waals surface area contributed by atoms with Crippen molar-refractivity contribution in [2.75, 3.05) is 14.2 Å². The van der Waals surface area contributed by atoms with E-state index in [9.17, 15) is 20.2 Å². The molecular formula is C40H30Cl2N10O6. The van der Waals surface area contributed by atoms with Crippen LogP contribution in [0.3, 0.4) is 0 Å². The molecule has 0 N–H and O–H groups in total. The Labute approximate surface area is 342 Å². The minimum absolute atomic E-state index is 0. The molecule has 0 atom stereocenters. The number of hydrogen-bond donors (Lipinski definition) is 0. The summed E-state index contributed by atoms with van der Waals surface area (Å²) in [6.45, 7) is 0. The summed E-state index contributed by atoms with van der Waals surface area (Å²) in [5, 5.41) is 41.8. The smallest absolute Gasteiger partial charge is 0.296 e. The molecule has 18 heteroatoms. The molecule has 0 aliphatic carbocycles. The van der Waals surface area contributed by atoms with E-state index >= 15 is 0 Å². The fourth-order valence-electron chi connectivity index (χ4n) is 6.12. The molecule has 0 saturated heterocycles. The summed E-state index contributed by atoms with van der Waals surface area (Å²) in [6, 6.07) is 42.4.